The van der Waals surface area contributed by atoms with Gasteiger partial charge in [0.2, 0.25) is 0 Å². The van der Waals surface area contributed by atoms with Crippen molar-refractivity contribution in [1.29, 1.82) is 0 Å². The van der Waals surface area contributed by atoms with Crippen molar-refractivity contribution >= 4 is 29.0 Å². The summed E-state index contributed by atoms with van der Waals surface area (Å²) < 4.78 is 13.2. The Morgan fingerprint density at radius 1 is 1.04 bits per heavy atom. The molecule has 0 radical (unpaired) electrons. The summed E-state index contributed by atoms with van der Waals surface area (Å²) in [6.45, 7) is 0.389. The molecule has 2 aromatic rings. The van der Waals surface area contributed by atoms with E-state index in [0.29, 0.717) is 17.0 Å². The molecule has 1 aliphatic heterocycles. The fourth-order valence-electron chi connectivity index (χ4n) is 2.53. The first-order valence-corrected chi connectivity index (χ1v) is 8.50. The molecular weight excluding hydrogens is 325 g/mol. The zero-order chi connectivity index (χ0) is 16.9. The average Bonchev–Trinajstić information content (AvgIpc) is 2.83. The van der Waals surface area contributed by atoms with Crippen molar-refractivity contribution in [3.63, 3.8) is 0 Å². The summed E-state index contributed by atoms with van der Waals surface area (Å²) >= 11 is 0.905. The van der Waals surface area contributed by atoms with E-state index in [1.165, 1.54) is 22.6 Å². The molecule has 1 aliphatic rings. The van der Waals surface area contributed by atoms with E-state index in [4.69, 9.17) is 0 Å². The molecule has 0 N–H and O–H groups in total. The standard InChI is InChI=1S/C19H16FNO2S/c20-16-10-4-8-15(12-16)13-17-18(22)21(19(23)24-17)11-5-9-14-6-2-1-3-7-14/h1-4,6-8,10,12-13H,5,9,11H2/b17-13+. The quantitative estimate of drug-likeness (QED) is 0.752. The van der Waals surface area contributed by atoms with E-state index in [0.717, 1.165) is 24.6 Å². The zero-order valence-corrected chi connectivity index (χ0v) is 13.8. The molecule has 122 valence electrons. The second-order valence-electron chi connectivity index (χ2n) is 5.48. The lowest BCUT2D eigenvalue weighted by molar-refractivity contribution is -0.122. The third-order valence-electron chi connectivity index (χ3n) is 3.71. The minimum atomic E-state index is -0.370. The van der Waals surface area contributed by atoms with Crippen molar-refractivity contribution in [1.82, 2.24) is 4.90 Å². The third kappa shape index (κ3) is 3.92. The van der Waals surface area contributed by atoms with Crippen LogP contribution in [-0.4, -0.2) is 22.6 Å². The van der Waals surface area contributed by atoms with Gasteiger partial charge in [-0.25, -0.2) is 4.39 Å². The molecule has 24 heavy (non-hydrogen) atoms. The van der Waals surface area contributed by atoms with Gasteiger partial charge in [-0.15, -0.1) is 0 Å². The minimum Gasteiger partial charge on any atom is -0.268 e. The summed E-state index contributed by atoms with van der Waals surface area (Å²) in [4.78, 5) is 26.0. The van der Waals surface area contributed by atoms with Gasteiger partial charge in [-0.2, -0.15) is 0 Å². The van der Waals surface area contributed by atoms with Crippen LogP contribution in [0.1, 0.15) is 17.5 Å². The lowest BCUT2D eigenvalue weighted by Crippen LogP contribution is -2.29. The highest BCUT2D eigenvalue weighted by molar-refractivity contribution is 8.18. The van der Waals surface area contributed by atoms with Crippen LogP contribution in [0.4, 0.5) is 9.18 Å². The number of benzene rings is 2. The molecular formula is C19H16FNO2S. The van der Waals surface area contributed by atoms with Crippen molar-refractivity contribution in [2.45, 2.75) is 12.8 Å². The van der Waals surface area contributed by atoms with Crippen LogP contribution in [0.25, 0.3) is 6.08 Å². The summed E-state index contributed by atoms with van der Waals surface area (Å²) in [5.74, 6) is -0.673. The molecule has 1 fully saturated rings. The zero-order valence-electron chi connectivity index (χ0n) is 12.9. The maximum absolute atomic E-state index is 13.2. The minimum absolute atomic E-state index is 0.268. The molecule has 3 nitrogen and oxygen atoms in total. The Kier molecular flexibility index (Phi) is 5.11. The first kappa shape index (κ1) is 16.5. The van der Waals surface area contributed by atoms with E-state index in [1.54, 1.807) is 18.2 Å². The number of nitrogens with zero attached hydrogens (tertiary/aromatic N) is 1. The van der Waals surface area contributed by atoms with E-state index < -0.39 is 0 Å². The molecule has 2 amide bonds. The smallest absolute Gasteiger partial charge is 0.268 e. The number of imide groups is 1. The van der Waals surface area contributed by atoms with E-state index in [9.17, 15) is 14.0 Å². The van der Waals surface area contributed by atoms with Crippen molar-refractivity contribution in [2.75, 3.05) is 6.54 Å². The van der Waals surface area contributed by atoms with Crippen molar-refractivity contribution in [3.05, 3.63) is 76.4 Å². The van der Waals surface area contributed by atoms with Gasteiger partial charge in [0.15, 0.2) is 0 Å². The lowest BCUT2D eigenvalue weighted by Gasteiger charge is -2.12. The van der Waals surface area contributed by atoms with E-state index >= 15 is 0 Å². The number of carbonyl (C=O) groups is 2. The Balaban J connectivity index is 1.63. The maximum Gasteiger partial charge on any atom is 0.293 e. The van der Waals surface area contributed by atoms with Gasteiger partial charge in [0.1, 0.15) is 5.82 Å². The van der Waals surface area contributed by atoms with E-state index in [2.05, 4.69) is 0 Å². The van der Waals surface area contributed by atoms with Crippen LogP contribution in [0.3, 0.4) is 0 Å². The summed E-state index contributed by atoms with van der Waals surface area (Å²) in [6, 6.07) is 15.9. The van der Waals surface area contributed by atoms with Gasteiger partial charge in [0.25, 0.3) is 11.1 Å². The van der Waals surface area contributed by atoms with Crippen LogP contribution in [0.5, 0.6) is 0 Å². The molecule has 0 aromatic heterocycles. The van der Waals surface area contributed by atoms with Gasteiger partial charge >= 0.3 is 0 Å². The molecule has 5 heteroatoms. The van der Waals surface area contributed by atoms with Crippen LogP contribution in [-0.2, 0) is 11.2 Å². The Bertz CT molecular complexity index is 789. The molecule has 0 atom stereocenters. The molecule has 3 rings (SSSR count). The summed E-state index contributed by atoms with van der Waals surface area (Å²) in [6.07, 6.45) is 3.09. The summed E-state index contributed by atoms with van der Waals surface area (Å²) in [5, 5.41) is -0.268. The fourth-order valence-corrected chi connectivity index (χ4v) is 3.39. The molecule has 0 spiro atoms. The van der Waals surface area contributed by atoms with Crippen molar-refractivity contribution in [3.8, 4) is 0 Å². The number of halogens is 1. The number of carbonyl (C=O) groups excluding carboxylic acids is 2. The molecule has 0 aliphatic carbocycles. The van der Waals surface area contributed by atoms with Crippen molar-refractivity contribution < 1.29 is 14.0 Å². The van der Waals surface area contributed by atoms with E-state index in [1.807, 2.05) is 30.3 Å². The normalized spacial score (nSPS) is 16.2. The fraction of sp³-hybridized carbons (Fsp3) is 0.158. The van der Waals surface area contributed by atoms with Crippen LogP contribution < -0.4 is 0 Å². The molecule has 0 unspecified atom stereocenters. The number of hydrogen-bond donors (Lipinski definition) is 0. The Morgan fingerprint density at radius 3 is 2.58 bits per heavy atom. The van der Waals surface area contributed by atoms with Gasteiger partial charge in [0.05, 0.1) is 4.91 Å². The van der Waals surface area contributed by atoms with Gasteiger partial charge in [-0.3, -0.25) is 14.5 Å². The predicted octanol–water partition coefficient (Wildman–Crippen LogP) is 4.49. The van der Waals surface area contributed by atoms with E-state index in [-0.39, 0.29) is 17.0 Å². The van der Waals surface area contributed by atoms with Gasteiger partial charge in [-0.1, -0.05) is 42.5 Å². The number of thioether (sulfide) groups is 1. The number of aryl methyl sites for hydroxylation is 1. The van der Waals surface area contributed by atoms with Crippen LogP contribution in [0, 0.1) is 5.82 Å². The monoisotopic (exact) mass is 341 g/mol. The lowest BCUT2D eigenvalue weighted by atomic mass is 10.1. The summed E-state index contributed by atoms with van der Waals surface area (Å²) in [5.41, 5.74) is 1.75. The predicted molar refractivity (Wildman–Crippen MR) is 93.8 cm³/mol. The highest BCUT2D eigenvalue weighted by atomic mass is 32.2. The van der Waals surface area contributed by atoms with Crippen LogP contribution in [0.2, 0.25) is 0 Å². The molecule has 2 aromatic carbocycles. The highest BCUT2D eigenvalue weighted by Crippen LogP contribution is 2.32. The second-order valence-corrected chi connectivity index (χ2v) is 6.47. The topological polar surface area (TPSA) is 37.4 Å². The van der Waals surface area contributed by atoms with Gasteiger partial charge in [0, 0.05) is 6.54 Å². The SMILES string of the molecule is O=C1S/C(=C/c2cccc(F)c2)C(=O)N1CCCc1ccccc1. The van der Waals surface area contributed by atoms with Crippen LogP contribution in [0.15, 0.2) is 59.5 Å². The van der Waals surface area contributed by atoms with Crippen molar-refractivity contribution in [2.24, 2.45) is 0 Å². The third-order valence-corrected chi connectivity index (χ3v) is 4.62. The maximum atomic E-state index is 13.2. The molecule has 1 heterocycles. The Morgan fingerprint density at radius 2 is 1.83 bits per heavy atom. The molecule has 0 bridgehead atoms. The second kappa shape index (κ2) is 7.45. The van der Waals surface area contributed by atoms with Crippen LogP contribution >= 0.6 is 11.8 Å². The number of amides is 2. The van der Waals surface area contributed by atoms with Gasteiger partial charge < -0.3 is 0 Å². The molecule has 1 saturated heterocycles. The average molecular weight is 341 g/mol. The number of hydrogen-bond acceptors (Lipinski definition) is 3. The first-order chi connectivity index (χ1) is 11.6. The largest absolute Gasteiger partial charge is 0.293 e. The number of rotatable bonds is 5. The summed E-state index contributed by atoms with van der Waals surface area (Å²) in [7, 11) is 0. The highest BCUT2D eigenvalue weighted by Gasteiger charge is 2.34. The Hall–Kier alpha value is -2.40. The van der Waals surface area contributed by atoms with Gasteiger partial charge in [-0.05, 0) is 53.9 Å². The Labute approximate surface area is 144 Å². The molecule has 0 saturated carbocycles. The first-order valence-electron chi connectivity index (χ1n) is 7.68.